The van der Waals surface area contributed by atoms with Gasteiger partial charge in [0.15, 0.2) is 0 Å². The Labute approximate surface area is 98.2 Å². The van der Waals surface area contributed by atoms with Gasteiger partial charge in [0, 0.05) is 25.9 Å². The van der Waals surface area contributed by atoms with Gasteiger partial charge in [0.1, 0.15) is 0 Å². The SMILES string of the molecule is CC1=CC=c2c(sc3ccccc23)=CC1N. The van der Waals surface area contributed by atoms with Crippen molar-refractivity contribution in [2.75, 3.05) is 0 Å². The molecule has 80 valence electrons. The van der Waals surface area contributed by atoms with Crippen LogP contribution in [0.1, 0.15) is 6.92 Å². The van der Waals surface area contributed by atoms with Gasteiger partial charge in [-0.15, -0.1) is 11.3 Å². The van der Waals surface area contributed by atoms with E-state index in [-0.39, 0.29) is 6.04 Å². The number of rotatable bonds is 0. The van der Waals surface area contributed by atoms with Crippen molar-refractivity contribution >= 4 is 33.6 Å². The summed E-state index contributed by atoms with van der Waals surface area (Å²) in [7, 11) is 0. The first kappa shape index (κ1) is 9.82. The standard InChI is InChI=1S/C14H13NS/c1-9-6-7-11-10-4-2-3-5-13(10)16-14(11)8-12(9)15/h2-8,12H,15H2,1H3. The molecule has 1 aliphatic rings. The molecule has 0 saturated carbocycles. The molecule has 0 amide bonds. The molecule has 1 unspecified atom stereocenters. The maximum atomic E-state index is 6.08. The fourth-order valence-corrected chi connectivity index (χ4v) is 3.17. The summed E-state index contributed by atoms with van der Waals surface area (Å²) in [4.78, 5) is 0. The van der Waals surface area contributed by atoms with Crippen molar-refractivity contribution in [2.24, 2.45) is 5.73 Å². The van der Waals surface area contributed by atoms with Crippen molar-refractivity contribution in [3.05, 3.63) is 45.7 Å². The third-order valence-corrected chi connectivity index (χ3v) is 4.18. The minimum absolute atomic E-state index is 0.0468. The summed E-state index contributed by atoms with van der Waals surface area (Å²) in [6.07, 6.45) is 6.48. The minimum Gasteiger partial charge on any atom is -0.321 e. The third-order valence-electron chi connectivity index (χ3n) is 3.03. The minimum atomic E-state index is 0.0468. The first-order valence-corrected chi connectivity index (χ1v) is 6.21. The second-order valence-electron chi connectivity index (χ2n) is 4.15. The molecule has 1 aliphatic carbocycles. The smallest absolute Gasteiger partial charge is 0.0457 e. The van der Waals surface area contributed by atoms with Gasteiger partial charge in [-0.25, -0.2) is 0 Å². The Balaban J connectivity index is 2.48. The van der Waals surface area contributed by atoms with Gasteiger partial charge < -0.3 is 5.73 Å². The highest BCUT2D eigenvalue weighted by atomic mass is 32.1. The molecule has 0 fully saturated rings. The highest BCUT2D eigenvalue weighted by Crippen LogP contribution is 2.14. The molecule has 0 aliphatic heterocycles. The van der Waals surface area contributed by atoms with E-state index in [1.165, 1.54) is 25.4 Å². The maximum absolute atomic E-state index is 6.08. The van der Waals surface area contributed by atoms with Gasteiger partial charge in [0.05, 0.1) is 0 Å². The molecule has 0 bridgehead atoms. The lowest BCUT2D eigenvalue weighted by Crippen LogP contribution is -2.24. The number of benzene rings is 1. The molecule has 2 N–H and O–H groups in total. The van der Waals surface area contributed by atoms with Crippen molar-refractivity contribution in [1.82, 2.24) is 0 Å². The second-order valence-corrected chi connectivity index (χ2v) is 5.23. The second kappa shape index (κ2) is 3.58. The molecule has 1 heterocycles. The van der Waals surface area contributed by atoms with Crippen LogP contribution in [0.2, 0.25) is 0 Å². The van der Waals surface area contributed by atoms with E-state index in [1.54, 1.807) is 0 Å². The molecule has 0 radical (unpaired) electrons. The molecule has 1 aromatic carbocycles. The van der Waals surface area contributed by atoms with Crippen LogP contribution >= 0.6 is 11.3 Å². The Morgan fingerprint density at radius 3 is 2.88 bits per heavy atom. The largest absolute Gasteiger partial charge is 0.321 e. The zero-order valence-corrected chi connectivity index (χ0v) is 9.92. The van der Waals surface area contributed by atoms with E-state index in [9.17, 15) is 0 Å². The summed E-state index contributed by atoms with van der Waals surface area (Å²) in [5.74, 6) is 0. The van der Waals surface area contributed by atoms with Crippen LogP contribution < -0.4 is 15.5 Å². The van der Waals surface area contributed by atoms with E-state index in [2.05, 4.69) is 49.4 Å². The Morgan fingerprint density at radius 2 is 2.00 bits per heavy atom. The molecular weight excluding hydrogens is 214 g/mol. The summed E-state index contributed by atoms with van der Waals surface area (Å²) in [5, 5.41) is 2.64. The molecule has 1 aromatic heterocycles. The van der Waals surface area contributed by atoms with Crippen LogP contribution in [-0.2, 0) is 0 Å². The summed E-state index contributed by atoms with van der Waals surface area (Å²) in [6, 6.07) is 8.56. The van der Waals surface area contributed by atoms with Gasteiger partial charge in [-0.05, 0) is 19.1 Å². The highest BCUT2D eigenvalue weighted by molar-refractivity contribution is 7.17. The Morgan fingerprint density at radius 1 is 1.19 bits per heavy atom. The van der Waals surface area contributed by atoms with Gasteiger partial charge in [-0.3, -0.25) is 0 Å². The van der Waals surface area contributed by atoms with Crippen molar-refractivity contribution in [1.29, 1.82) is 0 Å². The molecule has 0 spiro atoms. The molecular formula is C14H13NS. The monoisotopic (exact) mass is 227 g/mol. The number of allylic oxidation sites excluding steroid dienone is 1. The van der Waals surface area contributed by atoms with Gasteiger partial charge >= 0.3 is 0 Å². The lowest BCUT2D eigenvalue weighted by atomic mass is 10.1. The number of hydrogen-bond donors (Lipinski definition) is 1. The van der Waals surface area contributed by atoms with E-state index in [4.69, 9.17) is 5.73 Å². The zero-order chi connectivity index (χ0) is 11.1. The van der Waals surface area contributed by atoms with Crippen molar-refractivity contribution in [2.45, 2.75) is 13.0 Å². The van der Waals surface area contributed by atoms with Gasteiger partial charge in [0.25, 0.3) is 0 Å². The predicted molar refractivity (Wildman–Crippen MR) is 71.7 cm³/mol. The Bertz CT molecular complexity index is 691. The molecule has 2 heteroatoms. The molecule has 3 rings (SSSR count). The average Bonchev–Trinajstić information content (AvgIpc) is 2.56. The Kier molecular flexibility index (Phi) is 2.20. The van der Waals surface area contributed by atoms with Crippen LogP contribution in [0.4, 0.5) is 0 Å². The van der Waals surface area contributed by atoms with E-state index >= 15 is 0 Å². The van der Waals surface area contributed by atoms with Crippen LogP contribution in [0.25, 0.3) is 22.2 Å². The average molecular weight is 227 g/mol. The first-order valence-electron chi connectivity index (χ1n) is 5.39. The number of thiophene rings is 1. The fourth-order valence-electron chi connectivity index (χ4n) is 2.00. The topological polar surface area (TPSA) is 26.0 Å². The van der Waals surface area contributed by atoms with E-state index < -0.39 is 0 Å². The third kappa shape index (κ3) is 1.42. The van der Waals surface area contributed by atoms with E-state index in [0.717, 1.165) is 0 Å². The van der Waals surface area contributed by atoms with Crippen LogP contribution in [0, 0.1) is 0 Å². The molecule has 2 aromatic rings. The lowest BCUT2D eigenvalue weighted by molar-refractivity contribution is 0.998. The Hall–Kier alpha value is -1.38. The lowest BCUT2D eigenvalue weighted by Gasteiger charge is -2.03. The van der Waals surface area contributed by atoms with Crippen molar-refractivity contribution in [3.63, 3.8) is 0 Å². The molecule has 16 heavy (non-hydrogen) atoms. The van der Waals surface area contributed by atoms with Gasteiger partial charge in [-0.1, -0.05) is 35.9 Å². The van der Waals surface area contributed by atoms with Crippen LogP contribution in [0.15, 0.2) is 35.9 Å². The van der Waals surface area contributed by atoms with E-state index in [1.807, 2.05) is 11.3 Å². The van der Waals surface area contributed by atoms with Gasteiger partial charge in [-0.2, -0.15) is 0 Å². The quantitative estimate of drug-likeness (QED) is 0.729. The van der Waals surface area contributed by atoms with Gasteiger partial charge in [0.2, 0.25) is 0 Å². The van der Waals surface area contributed by atoms with Crippen molar-refractivity contribution in [3.8, 4) is 0 Å². The zero-order valence-electron chi connectivity index (χ0n) is 9.10. The number of hydrogen-bond acceptors (Lipinski definition) is 2. The molecule has 0 saturated heterocycles. The number of nitrogens with two attached hydrogens (primary N) is 1. The molecule has 1 nitrogen and oxygen atoms in total. The summed E-state index contributed by atoms with van der Waals surface area (Å²) in [5.41, 5.74) is 7.29. The summed E-state index contributed by atoms with van der Waals surface area (Å²) in [6.45, 7) is 2.08. The first-order chi connectivity index (χ1) is 7.75. The fraction of sp³-hybridized carbons (Fsp3) is 0.143. The maximum Gasteiger partial charge on any atom is 0.0457 e. The normalized spacial score (nSPS) is 19.4. The van der Waals surface area contributed by atoms with E-state index in [0.29, 0.717) is 0 Å². The summed E-state index contributed by atoms with van der Waals surface area (Å²) < 4.78 is 2.63. The number of fused-ring (bicyclic) bond motifs is 3. The van der Waals surface area contributed by atoms with Crippen molar-refractivity contribution < 1.29 is 0 Å². The molecule has 1 atom stereocenters. The van der Waals surface area contributed by atoms with Crippen LogP contribution in [0.5, 0.6) is 0 Å². The predicted octanol–water partition coefficient (Wildman–Crippen LogP) is 1.75. The summed E-state index contributed by atoms with van der Waals surface area (Å²) >= 11 is 1.82. The van der Waals surface area contributed by atoms with Crippen LogP contribution in [0.3, 0.4) is 0 Å². The highest BCUT2D eigenvalue weighted by Gasteiger charge is 2.06. The van der Waals surface area contributed by atoms with Crippen LogP contribution in [-0.4, -0.2) is 6.04 Å².